The molecule has 2 aliphatic rings. The van der Waals surface area contributed by atoms with Crippen molar-refractivity contribution in [3.05, 3.63) is 35.7 Å². The molecule has 1 aliphatic heterocycles. The highest BCUT2D eigenvalue weighted by Crippen LogP contribution is 2.24. The number of fused-ring (bicyclic) bond motifs is 1. The van der Waals surface area contributed by atoms with Gasteiger partial charge in [-0.3, -0.25) is 4.99 Å². The Morgan fingerprint density at radius 3 is 3.18 bits per heavy atom. The molecule has 2 rings (SSSR count). The highest BCUT2D eigenvalue weighted by molar-refractivity contribution is 6.03. The molecule has 2 N–H and O–H groups in total. The highest BCUT2D eigenvalue weighted by atomic mass is 14.8. The molecule has 0 aromatic heterocycles. The van der Waals surface area contributed by atoms with E-state index in [-0.39, 0.29) is 0 Å². The van der Waals surface area contributed by atoms with Crippen LogP contribution in [0.25, 0.3) is 0 Å². The van der Waals surface area contributed by atoms with E-state index in [4.69, 9.17) is 5.73 Å². The average molecular weight is 146 g/mol. The van der Waals surface area contributed by atoms with Crippen LogP contribution in [0.4, 0.5) is 0 Å². The van der Waals surface area contributed by atoms with Crippen LogP contribution in [-0.4, -0.2) is 5.71 Å². The Kier molecular flexibility index (Phi) is 1.22. The fourth-order valence-corrected chi connectivity index (χ4v) is 1.37. The standard InChI is InChI=1S/C9H10N2/c1-6-5-11-9-4-7(10)2-3-8(6)9/h2-5,8H,10H2,1H3/t8-/m1/s1. The number of hydrogen-bond donors (Lipinski definition) is 1. The Bertz CT molecular complexity index is 306. The van der Waals surface area contributed by atoms with Crippen molar-refractivity contribution in [1.29, 1.82) is 0 Å². The second kappa shape index (κ2) is 2.09. The average Bonchev–Trinajstić information content (AvgIpc) is 2.32. The summed E-state index contributed by atoms with van der Waals surface area (Å²) >= 11 is 0. The van der Waals surface area contributed by atoms with Gasteiger partial charge in [0.25, 0.3) is 0 Å². The smallest absolute Gasteiger partial charge is 0.0534 e. The van der Waals surface area contributed by atoms with Gasteiger partial charge in [0.15, 0.2) is 0 Å². The Morgan fingerprint density at radius 1 is 1.55 bits per heavy atom. The molecule has 0 amide bonds. The summed E-state index contributed by atoms with van der Waals surface area (Å²) in [5, 5.41) is 0. The maximum atomic E-state index is 5.61. The minimum absolute atomic E-state index is 0.391. The van der Waals surface area contributed by atoms with Gasteiger partial charge in [0.05, 0.1) is 5.71 Å². The van der Waals surface area contributed by atoms with Crippen LogP contribution in [0.15, 0.2) is 40.7 Å². The minimum Gasteiger partial charge on any atom is -0.399 e. The lowest BCUT2D eigenvalue weighted by atomic mass is 9.93. The van der Waals surface area contributed by atoms with Gasteiger partial charge < -0.3 is 5.73 Å². The van der Waals surface area contributed by atoms with E-state index in [0.717, 1.165) is 11.4 Å². The molecule has 0 saturated heterocycles. The molecule has 0 bridgehead atoms. The van der Waals surface area contributed by atoms with Crippen molar-refractivity contribution in [3.63, 3.8) is 0 Å². The first-order valence-electron chi connectivity index (χ1n) is 3.67. The van der Waals surface area contributed by atoms with Crippen LogP contribution in [0, 0.1) is 5.92 Å². The van der Waals surface area contributed by atoms with Gasteiger partial charge in [0.2, 0.25) is 0 Å². The van der Waals surface area contributed by atoms with Gasteiger partial charge >= 0.3 is 0 Å². The maximum absolute atomic E-state index is 5.61. The van der Waals surface area contributed by atoms with Gasteiger partial charge in [-0.1, -0.05) is 6.08 Å². The van der Waals surface area contributed by atoms with Crippen LogP contribution in [0.3, 0.4) is 0 Å². The van der Waals surface area contributed by atoms with Crippen molar-refractivity contribution in [1.82, 2.24) is 0 Å². The van der Waals surface area contributed by atoms with Gasteiger partial charge in [0.1, 0.15) is 0 Å². The number of rotatable bonds is 0. The molecule has 2 heteroatoms. The van der Waals surface area contributed by atoms with E-state index in [2.05, 4.69) is 18.0 Å². The normalized spacial score (nSPS) is 27.4. The quantitative estimate of drug-likeness (QED) is 0.550. The van der Waals surface area contributed by atoms with Crippen LogP contribution in [0.1, 0.15) is 6.92 Å². The van der Waals surface area contributed by atoms with Crippen LogP contribution in [-0.2, 0) is 0 Å². The summed E-state index contributed by atoms with van der Waals surface area (Å²) in [4.78, 5) is 4.24. The zero-order valence-corrected chi connectivity index (χ0v) is 6.41. The Balaban J connectivity index is 2.38. The Morgan fingerprint density at radius 2 is 2.36 bits per heavy atom. The first-order valence-corrected chi connectivity index (χ1v) is 3.67. The topological polar surface area (TPSA) is 38.4 Å². The van der Waals surface area contributed by atoms with Crippen molar-refractivity contribution < 1.29 is 0 Å². The largest absolute Gasteiger partial charge is 0.399 e. The fraction of sp³-hybridized carbons (Fsp3) is 0.222. The lowest BCUT2D eigenvalue weighted by molar-refractivity contribution is 1.04. The van der Waals surface area contributed by atoms with Crippen molar-refractivity contribution in [2.24, 2.45) is 16.6 Å². The monoisotopic (exact) mass is 146 g/mol. The van der Waals surface area contributed by atoms with Gasteiger partial charge in [-0.2, -0.15) is 0 Å². The van der Waals surface area contributed by atoms with Crippen molar-refractivity contribution >= 4 is 5.71 Å². The second-order valence-electron chi connectivity index (χ2n) is 2.91. The molecule has 0 fully saturated rings. The molecule has 1 aliphatic carbocycles. The SMILES string of the molecule is CC1=CN=C2C=C(N)C=C[C@H]12. The molecule has 11 heavy (non-hydrogen) atoms. The lowest BCUT2D eigenvalue weighted by Gasteiger charge is -2.11. The molecule has 1 heterocycles. The predicted octanol–water partition coefficient (Wildman–Crippen LogP) is 1.37. The van der Waals surface area contributed by atoms with E-state index in [1.165, 1.54) is 5.57 Å². The van der Waals surface area contributed by atoms with Gasteiger partial charge in [-0.15, -0.1) is 0 Å². The lowest BCUT2D eigenvalue weighted by Crippen LogP contribution is -2.13. The number of nitrogens with two attached hydrogens (primary N) is 1. The highest BCUT2D eigenvalue weighted by Gasteiger charge is 2.19. The number of nitrogens with zero attached hydrogens (tertiary/aromatic N) is 1. The van der Waals surface area contributed by atoms with Gasteiger partial charge in [-0.05, 0) is 24.6 Å². The molecule has 0 saturated carbocycles. The number of allylic oxidation sites excluding steroid dienone is 4. The predicted molar refractivity (Wildman–Crippen MR) is 46.1 cm³/mol. The summed E-state index contributed by atoms with van der Waals surface area (Å²) in [6.45, 7) is 2.08. The fourth-order valence-electron chi connectivity index (χ4n) is 1.37. The maximum Gasteiger partial charge on any atom is 0.0534 e. The summed E-state index contributed by atoms with van der Waals surface area (Å²) < 4.78 is 0. The van der Waals surface area contributed by atoms with E-state index >= 15 is 0 Å². The van der Waals surface area contributed by atoms with Gasteiger partial charge in [-0.25, -0.2) is 0 Å². The minimum atomic E-state index is 0.391. The number of hydrogen-bond acceptors (Lipinski definition) is 2. The van der Waals surface area contributed by atoms with E-state index in [0.29, 0.717) is 5.92 Å². The molecule has 56 valence electrons. The van der Waals surface area contributed by atoms with E-state index in [9.17, 15) is 0 Å². The van der Waals surface area contributed by atoms with Crippen LogP contribution >= 0.6 is 0 Å². The molecule has 0 spiro atoms. The van der Waals surface area contributed by atoms with E-state index < -0.39 is 0 Å². The van der Waals surface area contributed by atoms with Crippen LogP contribution in [0.2, 0.25) is 0 Å². The molecule has 1 atom stereocenters. The molecule has 0 aromatic carbocycles. The van der Waals surface area contributed by atoms with Crippen LogP contribution < -0.4 is 5.73 Å². The second-order valence-corrected chi connectivity index (χ2v) is 2.91. The van der Waals surface area contributed by atoms with Gasteiger partial charge in [0, 0.05) is 17.8 Å². The summed E-state index contributed by atoms with van der Waals surface area (Å²) in [6.07, 6.45) is 7.86. The third-order valence-corrected chi connectivity index (χ3v) is 2.02. The number of aliphatic imine (C=N–C) groups is 1. The molecule has 0 radical (unpaired) electrons. The molecule has 2 nitrogen and oxygen atoms in total. The first-order chi connectivity index (χ1) is 5.27. The van der Waals surface area contributed by atoms with Crippen LogP contribution in [0.5, 0.6) is 0 Å². The van der Waals surface area contributed by atoms with E-state index in [1.54, 1.807) is 0 Å². The zero-order chi connectivity index (χ0) is 7.84. The zero-order valence-electron chi connectivity index (χ0n) is 6.41. The molecule has 0 unspecified atom stereocenters. The summed E-state index contributed by atoms with van der Waals surface area (Å²) in [5.41, 5.74) is 8.76. The van der Waals surface area contributed by atoms with Crippen molar-refractivity contribution in [2.75, 3.05) is 0 Å². The molecular formula is C9H10N2. The van der Waals surface area contributed by atoms with Crippen molar-refractivity contribution in [2.45, 2.75) is 6.92 Å². The molecule has 0 aromatic rings. The first kappa shape index (κ1) is 6.40. The van der Waals surface area contributed by atoms with E-state index in [1.807, 2.05) is 18.4 Å². The van der Waals surface area contributed by atoms with Crippen molar-refractivity contribution in [3.8, 4) is 0 Å². The Hall–Kier alpha value is -1.31. The third-order valence-electron chi connectivity index (χ3n) is 2.02. The molecular weight excluding hydrogens is 136 g/mol. The third kappa shape index (κ3) is 0.909. The summed E-state index contributed by atoms with van der Waals surface area (Å²) in [6, 6.07) is 0. The Labute approximate surface area is 65.8 Å². The summed E-state index contributed by atoms with van der Waals surface area (Å²) in [5.74, 6) is 0.391. The summed E-state index contributed by atoms with van der Waals surface area (Å²) in [7, 11) is 0.